The fourth-order valence-corrected chi connectivity index (χ4v) is 2.15. The van der Waals surface area contributed by atoms with Gasteiger partial charge in [0, 0.05) is 26.2 Å². The molecular formula is C15H22N4O2. The molecule has 0 aromatic heterocycles. The Labute approximate surface area is 125 Å². The summed E-state index contributed by atoms with van der Waals surface area (Å²) >= 11 is 0. The number of ether oxygens (including phenoxy) is 1. The van der Waals surface area contributed by atoms with Gasteiger partial charge in [-0.2, -0.15) is 5.10 Å². The summed E-state index contributed by atoms with van der Waals surface area (Å²) in [5.74, 6) is 0.682. The number of carbonyl (C=O) groups excluding carboxylic acids is 1. The number of amides is 1. The molecule has 1 aromatic rings. The van der Waals surface area contributed by atoms with Crippen LogP contribution in [0.25, 0.3) is 0 Å². The molecule has 1 aliphatic rings. The van der Waals surface area contributed by atoms with Crippen molar-refractivity contribution < 1.29 is 9.53 Å². The number of nitrogens with zero attached hydrogens (tertiary/aromatic N) is 3. The Morgan fingerprint density at radius 3 is 2.86 bits per heavy atom. The van der Waals surface area contributed by atoms with Gasteiger partial charge < -0.3 is 9.64 Å². The van der Waals surface area contributed by atoms with Gasteiger partial charge >= 0.3 is 0 Å². The average molecular weight is 290 g/mol. The number of benzene rings is 1. The summed E-state index contributed by atoms with van der Waals surface area (Å²) in [7, 11) is 3.71. The van der Waals surface area contributed by atoms with Crippen LogP contribution >= 0.6 is 0 Å². The summed E-state index contributed by atoms with van der Waals surface area (Å²) < 4.78 is 5.13. The van der Waals surface area contributed by atoms with Gasteiger partial charge in [-0.05, 0) is 24.7 Å². The van der Waals surface area contributed by atoms with Crippen molar-refractivity contribution in [3.8, 4) is 5.75 Å². The Balaban J connectivity index is 1.76. The van der Waals surface area contributed by atoms with Crippen LogP contribution in [0.5, 0.6) is 5.75 Å². The zero-order valence-electron chi connectivity index (χ0n) is 12.6. The highest BCUT2D eigenvalue weighted by molar-refractivity contribution is 5.83. The molecule has 21 heavy (non-hydrogen) atoms. The lowest BCUT2D eigenvalue weighted by Crippen LogP contribution is -2.47. The van der Waals surface area contributed by atoms with Crippen LogP contribution in [0, 0.1) is 0 Å². The van der Waals surface area contributed by atoms with Crippen molar-refractivity contribution in [3.63, 3.8) is 0 Å². The topological polar surface area (TPSA) is 57.2 Å². The van der Waals surface area contributed by atoms with Gasteiger partial charge in [0.15, 0.2) is 0 Å². The van der Waals surface area contributed by atoms with E-state index >= 15 is 0 Å². The van der Waals surface area contributed by atoms with Crippen LogP contribution in [0.15, 0.2) is 29.4 Å². The van der Waals surface area contributed by atoms with E-state index in [0.29, 0.717) is 6.54 Å². The SMILES string of the molecule is COc1cccc(/C=N/NC(=O)CN2CCN(C)CC2)c1. The van der Waals surface area contributed by atoms with Crippen LogP contribution in [0.1, 0.15) is 5.56 Å². The standard InChI is InChI=1S/C15H22N4O2/c1-18-6-8-19(9-7-18)12-15(20)17-16-11-13-4-3-5-14(10-13)21-2/h3-5,10-11H,6-9,12H2,1-2H3,(H,17,20)/b16-11+. The number of hydrazone groups is 1. The first-order valence-electron chi connectivity index (χ1n) is 7.04. The molecule has 114 valence electrons. The molecule has 1 heterocycles. The van der Waals surface area contributed by atoms with Gasteiger partial charge in [-0.3, -0.25) is 9.69 Å². The predicted molar refractivity (Wildman–Crippen MR) is 82.7 cm³/mol. The molecule has 0 aliphatic carbocycles. The van der Waals surface area contributed by atoms with E-state index in [1.54, 1.807) is 13.3 Å². The summed E-state index contributed by atoms with van der Waals surface area (Å²) in [6, 6.07) is 7.50. The third-order valence-electron chi connectivity index (χ3n) is 3.46. The molecule has 6 nitrogen and oxygen atoms in total. The van der Waals surface area contributed by atoms with Crippen LogP contribution in [0.4, 0.5) is 0 Å². The minimum absolute atomic E-state index is 0.0845. The Bertz CT molecular complexity index is 496. The van der Waals surface area contributed by atoms with E-state index in [0.717, 1.165) is 37.5 Å². The van der Waals surface area contributed by atoms with Gasteiger partial charge in [-0.1, -0.05) is 12.1 Å². The zero-order chi connectivity index (χ0) is 15.1. The lowest BCUT2D eigenvalue weighted by atomic mass is 10.2. The Morgan fingerprint density at radius 1 is 1.38 bits per heavy atom. The third-order valence-corrected chi connectivity index (χ3v) is 3.46. The third kappa shape index (κ3) is 5.17. The number of carbonyl (C=O) groups is 1. The van der Waals surface area contributed by atoms with Crippen LogP contribution in [0.2, 0.25) is 0 Å². The number of hydrogen-bond donors (Lipinski definition) is 1. The quantitative estimate of drug-likeness (QED) is 0.630. The molecular weight excluding hydrogens is 268 g/mol. The van der Waals surface area contributed by atoms with Crippen molar-refractivity contribution >= 4 is 12.1 Å². The lowest BCUT2D eigenvalue weighted by molar-refractivity contribution is -0.122. The molecule has 1 fully saturated rings. The summed E-state index contributed by atoms with van der Waals surface area (Å²) in [4.78, 5) is 16.2. The monoisotopic (exact) mass is 290 g/mol. The smallest absolute Gasteiger partial charge is 0.254 e. The highest BCUT2D eigenvalue weighted by Gasteiger charge is 2.15. The second kappa shape index (κ2) is 7.75. The molecule has 1 saturated heterocycles. The van der Waals surface area contributed by atoms with Gasteiger partial charge in [0.1, 0.15) is 5.75 Å². The summed E-state index contributed by atoms with van der Waals surface area (Å²) in [6.07, 6.45) is 1.62. The normalized spacial score (nSPS) is 17.0. The molecule has 1 aliphatic heterocycles. The van der Waals surface area contributed by atoms with E-state index in [9.17, 15) is 4.79 Å². The first kappa shape index (κ1) is 15.5. The van der Waals surface area contributed by atoms with Crippen molar-refractivity contribution in [1.29, 1.82) is 0 Å². The first-order valence-corrected chi connectivity index (χ1v) is 7.04. The number of piperazine rings is 1. The minimum atomic E-state index is -0.0845. The van der Waals surface area contributed by atoms with Gasteiger partial charge in [0.25, 0.3) is 5.91 Å². The maximum absolute atomic E-state index is 11.8. The van der Waals surface area contributed by atoms with Gasteiger partial charge in [-0.15, -0.1) is 0 Å². The summed E-state index contributed by atoms with van der Waals surface area (Å²) in [5.41, 5.74) is 3.45. The number of nitrogens with one attached hydrogen (secondary N) is 1. The van der Waals surface area contributed by atoms with Crippen molar-refractivity contribution in [2.75, 3.05) is 46.9 Å². The number of hydrogen-bond acceptors (Lipinski definition) is 5. The van der Waals surface area contributed by atoms with Gasteiger partial charge in [-0.25, -0.2) is 5.43 Å². The fourth-order valence-electron chi connectivity index (χ4n) is 2.15. The molecule has 2 rings (SSSR count). The van der Waals surface area contributed by atoms with Crippen LogP contribution in [-0.2, 0) is 4.79 Å². The molecule has 0 unspecified atom stereocenters. The highest BCUT2D eigenvalue weighted by atomic mass is 16.5. The van der Waals surface area contributed by atoms with Crippen LogP contribution < -0.4 is 10.2 Å². The number of rotatable bonds is 5. The lowest BCUT2D eigenvalue weighted by Gasteiger charge is -2.31. The van der Waals surface area contributed by atoms with Crippen molar-refractivity contribution in [2.45, 2.75) is 0 Å². The maximum Gasteiger partial charge on any atom is 0.254 e. The first-order chi connectivity index (χ1) is 10.2. The Morgan fingerprint density at radius 2 is 2.14 bits per heavy atom. The molecule has 0 bridgehead atoms. The number of likely N-dealkylation sites (N-methyl/N-ethyl adjacent to an activating group) is 1. The average Bonchev–Trinajstić information content (AvgIpc) is 2.50. The molecule has 0 saturated carbocycles. The summed E-state index contributed by atoms with van der Waals surface area (Å²) in [5, 5.41) is 3.98. The molecule has 1 amide bonds. The van der Waals surface area contributed by atoms with Gasteiger partial charge in [0.05, 0.1) is 19.9 Å². The van der Waals surface area contributed by atoms with E-state index in [-0.39, 0.29) is 5.91 Å². The zero-order valence-corrected chi connectivity index (χ0v) is 12.6. The van der Waals surface area contributed by atoms with Crippen molar-refractivity contribution in [1.82, 2.24) is 15.2 Å². The Hall–Kier alpha value is -1.92. The predicted octanol–water partition coefficient (Wildman–Crippen LogP) is 0.393. The van der Waals surface area contributed by atoms with E-state index < -0.39 is 0 Å². The maximum atomic E-state index is 11.8. The van der Waals surface area contributed by atoms with Crippen LogP contribution in [-0.4, -0.2) is 68.8 Å². The van der Waals surface area contributed by atoms with E-state index in [2.05, 4.69) is 27.4 Å². The molecule has 0 atom stereocenters. The molecule has 6 heteroatoms. The van der Waals surface area contributed by atoms with Gasteiger partial charge in [0.2, 0.25) is 0 Å². The second-order valence-electron chi connectivity index (χ2n) is 5.15. The molecule has 1 N–H and O–H groups in total. The fraction of sp³-hybridized carbons (Fsp3) is 0.467. The van der Waals surface area contributed by atoms with Crippen molar-refractivity contribution in [2.24, 2.45) is 5.10 Å². The van der Waals surface area contributed by atoms with E-state index in [1.165, 1.54) is 0 Å². The minimum Gasteiger partial charge on any atom is -0.497 e. The summed E-state index contributed by atoms with van der Waals surface area (Å²) in [6.45, 7) is 4.23. The van der Waals surface area contributed by atoms with Crippen molar-refractivity contribution in [3.05, 3.63) is 29.8 Å². The molecule has 1 aromatic carbocycles. The number of methoxy groups -OCH3 is 1. The van der Waals surface area contributed by atoms with E-state index in [4.69, 9.17) is 4.74 Å². The second-order valence-corrected chi connectivity index (χ2v) is 5.15. The van der Waals surface area contributed by atoms with E-state index in [1.807, 2.05) is 24.3 Å². The van der Waals surface area contributed by atoms with Crippen LogP contribution in [0.3, 0.4) is 0 Å². The molecule has 0 spiro atoms. The molecule has 0 radical (unpaired) electrons. The Kier molecular flexibility index (Phi) is 5.71. The highest BCUT2D eigenvalue weighted by Crippen LogP contribution is 2.10. The largest absolute Gasteiger partial charge is 0.497 e.